The van der Waals surface area contributed by atoms with E-state index in [0.717, 1.165) is 12.1 Å². The number of nitro groups is 1. The van der Waals surface area contributed by atoms with Crippen molar-refractivity contribution in [3.8, 4) is 5.75 Å². The topological polar surface area (TPSA) is 55.6 Å². The van der Waals surface area contributed by atoms with Crippen LogP contribution in [0.25, 0.3) is 6.08 Å². The molecule has 0 radical (unpaired) electrons. The first kappa shape index (κ1) is 14.3. The van der Waals surface area contributed by atoms with Gasteiger partial charge in [0.25, 0.3) is 0 Å². The second-order valence-electron chi connectivity index (χ2n) is 5.36. The summed E-state index contributed by atoms with van der Waals surface area (Å²) in [6.07, 6.45) is 3.99. The second kappa shape index (κ2) is 5.11. The third-order valence-corrected chi connectivity index (χ3v) is 6.76. The average molecular weight is 373 g/mol. The molecule has 1 atom stereocenters. The number of ether oxygens (including phenoxy) is 1. The molecule has 2 aromatic carbocycles. The summed E-state index contributed by atoms with van der Waals surface area (Å²) >= 11 is 0.107. The predicted octanol–water partition coefficient (Wildman–Crippen LogP) is 2.52. The molecule has 23 heavy (non-hydrogen) atoms. The van der Waals surface area contributed by atoms with E-state index < -0.39 is 4.62 Å². The van der Waals surface area contributed by atoms with Crippen LogP contribution < -0.4 is 14.1 Å². The number of non-ortho nitro benzene ring substituents is 1. The molecule has 0 aliphatic carbocycles. The van der Waals surface area contributed by atoms with Gasteiger partial charge in [0.15, 0.2) is 0 Å². The van der Waals surface area contributed by atoms with Crippen LogP contribution in [0.5, 0.6) is 5.75 Å². The normalized spacial score (nSPS) is 21.0. The molecule has 2 heterocycles. The molecule has 1 spiro atoms. The SMILES string of the molecule is CCN1c2ccccc2[Se]C12C=Cc1cc([N+](=O)[O-])ccc1O2. The zero-order chi connectivity index (χ0) is 16.0. The van der Waals surface area contributed by atoms with Crippen molar-refractivity contribution in [2.75, 3.05) is 11.4 Å². The molecule has 6 heteroatoms. The molecule has 2 aliphatic rings. The molecule has 0 N–H and O–H groups in total. The molecule has 2 aliphatic heterocycles. The number of nitro benzene ring substituents is 1. The van der Waals surface area contributed by atoms with E-state index in [1.54, 1.807) is 12.1 Å². The van der Waals surface area contributed by atoms with Crippen LogP contribution in [-0.4, -0.2) is 31.0 Å². The maximum absolute atomic E-state index is 10.9. The number of rotatable bonds is 2. The van der Waals surface area contributed by atoms with Crippen LogP contribution in [0.15, 0.2) is 48.5 Å². The molecule has 0 bridgehead atoms. The minimum absolute atomic E-state index is 0.0838. The Morgan fingerprint density at radius 3 is 2.91 bits per heavy atom. The fourth-order valence-corrected chi connectivity index (χ4v) is 5.83. The van der Waals surface area contributed by atoms with Gasteiger partial charge in [-0.15, -0.1) is 0 Å². The second-order valence-corrected chi connectivity index (χ2v) is 7.94. The molecule has 4 rings (SSSR count). The number of nitrogens with zero attached hydrogens (tertiary/aromatic N) is 2. The van der Waals surface area contributed by atoms with E-state index in [2.05, 4.69) is 30.0 Å². The van der Waals surface area contributed by atoms with Gasteiger partial charge in [0.2, 0.25) is 0 Å². The molecule has 0 aromatic heterocycles. The first-order chi connectivity index (χ1) is 11.1. The van der Waals surface area contributed by atoms with Crippen molar-refractivity contribution in [2.45, 2.75) is 11.5 Å². The Morgan fingerprint density at radius 2 is 2.13 bits per heavy atom. The summed E-state index contributed by atoms with van der Waals surface area (Å²) in [6.45, 7) is 2.95. The number of likely N-dealkylation sites (N-methyl/N-ethyl adjacent to an activating group) is 1. The number of hydrogen-bond donors (Lipinski definition) is 0. The Morgan fingerprint density at radius 1 is 1.30 bits per heavy atom. The number of hydrogen-bond acceptors (Lipinski definition) is 4. The first-order valence-electron chi connectivity index (χ1n) is 7.35. The molecule has 1 unspecified atom stereocenters. The first-order valence-corrected chi connectivity index (χ1v) is 9.06. The Bertz CT molecular complexity index is 836. The van der Waals surface area contributed by atoms with Gasteiger partial charge >= 0.3 is 139 Å². The van der Waals surface area contributed by atoms with Gasteiger partial charge in [-0.05, 0) is 0 Å². The van der Waals surface area contributed by atoms with Crippen LogP contribution in [0, 0.1) is 10.1 Å². The van der Waals surface area contributed by atoms with Crippen molar-refractivity contribution in [1.29, 1.82) is 0 Å². The van der Waals surface area contributed by atoms with E-state index in [1.165, 1.54) is 16.2 Å². The number of para-hydroxylation sites is 1. The summed E-state index contributed by atoms with van der Waals surface area (Å²) in [4.78, 5) is 12.8. The summed E-state index contributed by atoms with van der Waals surface area (Å²) in [6, 6.07) is 13.1. The molecule has 116 valence electrons. The van der Waals surface area contributed by atoms with Gasteiger partial charge in [-0.3, -0.25) is 0 Å². The van der Waals surface area contributed by atoms with Crippen molar-refractivity contribution in [1.82, 2.24) is 0 Å². The summed E-state index contributed by atoms with van der Waals surface area (Å²) in [5.41, 5.74) is 2.05. The summed E-state index contributed by atoms with van der Waals surface area (Å²) < 4.78 is 7.18. The van der Waals surface area contributed by atoms with Crippen LogP contribution in [-0.2, 0) is 0 Å². The average Bonchev–Trinajstić information content (AvgIpc) is 2.86. The van der Waals surface area contributed by atoms with E-state index in [1.807, 2.05) is 18.2 Å². The van der Waals surface area contributed by atoms with E-state index in [4.69, 9.17) is 4.74 Å². The van der Waals surface area contributed by atoms with Crippen LogP contribution in [0.2, 0.25) is 0 Å². The fourth-order valence-electron chi connectivity index (χ4n) is 3.00. The van der Waals surface area contributed by atoms with Crippen LogP contribution in [0.3, 0.4) is 0 Å². The van der Waals surface area contributed by atoms with Gasteiger partial charge in [0.05, 0.1) is 0 Å². The molecule has 0 fully saturated rings. The van der Waals surface area contributed by atoms with Crippen molar-refractivity contribution in [3.05, 3.63) is 64.2 Å². The van der Waals surface area contributed by atoms with E-state index in [-0.39, 0.29) is 25.6 Å². The fraction of sp³-hybridized carbons (Fsp3) is 0.176. The molecular formula is C17H14N2O3Se. The zero-order valence-corrected chi connectivity index (χ0v) is 14.1. The molecule has 0 saturated heterocycles. The Labute approximate surface area is 139 Å². The third kappa shape index (κ3) is 2.14. The Balaban J connectivity index is 1.76. The monoisotopic (exact) mass is 374 g/mol. The van der Waals surface area contributed by atoms with Crippen molar-refractivity contribution in [3.63, 3.8) is 0 Å². The zero-order valence-electron chi connectivity index (χ0n) is 12.4. The molecular weight excluding hydrogens is 359 g/mol. The summed E-state index contributed by atoms with van der Waals surface area (Å²) in [5.74, 6) is 0.700. The molecule has 0 saturated carbocycles. The van der Waals surface area contributed by atoms with E-state index >= 15 is 0 Å². The predicted molar refractivity (Wildman–Crippen MR) is 90.3 cm³/mol. The molecule has 0 amide bonds. The van der Waals surface area contributed by atoms with E-state index in [0.29, 0.717) is 5.75 Å². The van der Waals surface area contributed by atoms with Gasteiger partial charge in [-0.2, -0.15) is 0 Å². The van der Waals surface area contributed by atoms with Gasteiger partial charge in [-0.25, -0.2) is 0 Å². The Kier molecular flexibility index (Phi) is 3.18. The van der Waals surface area contributed by atoms with Crippen LogP contribution in [0.1, 0.15) is 12.5 Å². The molecule has 5 nitrogen and oxygen atoms in total. The van der Waals surface area contributed by atoms with Crippen molar-refractivity contribution in [2.24, 2.45) is 0 Å². The summed E-state index contributed by atoms with van der Waals surface area (Å²) in [7, 11) is 0. The van der Waals surface area contributed by atoms with Crippen molar-refractivity contribution >= 4 is 36.9 Å². The van der Waals surface area contributed by atoms with Gasteiger partial charge in [0, 0.05) is 0 Å². The van der Waals surface area contributed by atoms with Crippen LogP contribution in [0.4, 0.5) is 11.4 Å². The van der Waals surface area contributed by atoms with Gasteiger partial charge in [-0.1, -0.05) is 0 Å². The quantitative estimate of drug-likeness (QED) is 0.461. The maximum atomic E-state index is 10.9. The minimum atomic E-state index is -0.478. The van der Waals surface area contributed by atoms with Crippen molar-refractivity contribution < 1.29 is 9.66 Å². The number of benzene rings is 2. The van der Waals surface area contributed by atoms with Gasteiger partial charge < -0.3 is 0 Å². The Hall–Kier alpha value is -2.30. The number of fused-ring (bicyclic) bond motifs is 2. The van der Waals surface area contributed by atoms with Crippen LogP contribution >= 0.6 is 0 Å². The standard InChI is InChI=1S/C17H14N2O3Se/c1-2-18-14-5-3-4-6-16(14)23-17(18)10-9-12-11-13(19(20)21)7-8-15(12)22-17/h3-11H,2H2,1H3. The molecule has 2 aromatic rings. The van der Waals surface area contributed by atoms with E-state index in [9.17, 15) is 10.1 Å². The van der Waals surface area contributed by atoms with Gasteiger partial charge in [0.1, 0.15) is 0 Å². The summed E-state index contributed by atoms with van der Waals surface area (Å²) in [5, 5.41) is 10.9. The number of anilines is 1. The third-order valence-electron chi connectivity index (χ3n) is 4.04.